The van der Waals surface area contributed by atoms with Crippen molar-refractivity contribution in [2.75, 3.05) is 5.32 Å². The molecule has 1 aromatic carbocycles. The summed E-state index contributed by atoms with van der Waals surface area (Å²) in [6.07, 6.45) is 2.58. The molecule has 19 heavy (non-hydrogen) atoms. The summed E-state index contributed by atoms with van der Waals surface area (Å²) >= 11 is 0. The van der Waals surface area contributed by atoms with E-state index < -0.39 is 0 Å². The number of nitrogens with zero attached hydrogens (tertiary/aromatic N) is 1. The molecule has 1 heterocycles. The number of hydrogen-bond donors (Lipinski definition) is 2. The molecule has 2 rings (SSSR count). The Morgan fingerprint density at radius 2 is 1.95 bits per heavy atom. The van der Waals surface area contributed by atoms with Gasteiger partial charge < -0.3 is 11.1 Å². The molecule has 0 atom stereocenters. The lowest BCUT2D eigenvalue weighted by molar-refractivity contribution is 0.102. The molecule has 2 aromatic rings. The number of carbonyl (C=O) groups is 1. The molecule has 0 saturated carbocycles. The number of hydrogen-bond acceptors (Lipinski definition) is 3. The van der Waals surface area contributed by atoms with Crippen LogP contribution in [0.3, 0.4) is 0 Å². The number of aromatic nitrogens is 1. The molecule has 0 aliphatic heterocycles. The Hall–Kier alpha value is -2.20. The Morgan fingerprint density at radius 3 is 2.58 bits per heavy atom. The zero-order valence-electron chi connectivity index (χ0n) is 10.9. The molecule has 0 saturated heterocycles. The van der Waals surface area contributed by atoms with Gasteiger partial charge in [0.2, 0.25) is 0 Å². The first-order valence-corrected chi connectivity index (χ1v) is 6.28. The third kappa shape index (κ3) is 3.39. The Kier molecular flexibility index (Phi) is 4.26. The van der Waals surface area contributed by atoms with E-state index in [0.29, 0.717) is 12.2 Å². The zero-order chi connectivity index (χ0) is 13.7. The van der Waals surface area contributed by atoms with Gasteiger partial charge in [-0.1, -0.05) is 19.1 Å². The van der Waals surface area contributed by atoms with Gasteiger partial charge in [0.1, 0.15) is 5.69 Å². The average Bonchev–Trinajstić information content (AvgIpc) is 2.48. The second-order valence-corrected chi connectivity index (χ2v) is 4.26. The van der Waals surface area contributed by atoms with E-state index in [0.717, 1.165) is 17.7 Å². The molecule has 0 radical (unpaired) electrons. The lowest BCUT2D eigenvalue weighted by Gasteiger charge is -2.06. The highest BCUT2D eigenvalue weighted by Crippen LogP contribution is 2.11. The number of carbonyl (C=O) groups excluding carboxylic acids is 1. The van der Waals surface area contributed by atoms with Crippen LogP contribution >= 0.6 is 0 Å². The van der Waals surface area contributed by atoms with Gasteiger partial charge in [0.15, 0.2) is 0 Å². The molecule has 0 fully saturated rings. The predicted molar refractivity (Wildman–Crippen MR) is 75.9 cm³/mol. The van der Waals surface area contributed by atoms with Gasteiger partial charge in [-0.15, -0.1) is 0 Å². The Morgan fingerprint density at radius 1 is 1.21 bits per heavy atom. The SMILES string of the molecule is CCc1ccc(NC(=O)c2cc(CN)ccn2)cc1. The highest BCUT2D eigenvalue weighted by Gasteiger charge is 2.07. The van der Waals surface area contributed by atoms with Gasteiger partial charge in [0.25, 0.3) is 5.91 Å². The number of aryl methyl sites for hydroxylation is 1. The first-order chi connectivity index (χ1) is 9.22. The molecular formula is C15H17N3O. The third-order valence-corrected chi connectivity index (χ3v) is 2.91. The molecule has 0 unspecified atom stereocenters. The molecule has 1 aromatic heterocycles. The van der Waals surface area contributed by atoms with E-state index in [9.17, 15) is 4.79 Å². The molecule has 1 amide bonds. The number of anilines is 1. The normalized spacial score (nSPS) is 10.2. The summed E-state index contributed by atoms with van der Waals surface area (Å²) in [6.45, 7) is 2.49. The number of amides is 1. The van der Waals surface area contributed by atoms with Gasteiger partial charge >= 0.3 is 0 Å². The standard InChI is InChI=1S/C15H17N3O/c1-2-11-3-5-13(6-4-11)18-15(19)14-9-12(10-16)7-8-17-14/h3-9H,2,10,16H2,1H3,(H,18,19). The molecule has 0 bridgehead atoms. The van der Waals surface area contributed by atoms with Crippen molar-refractivity contribution >= 4 is 11.6 Å². The fourth-order valence-corrected chi connectivity index (χ4v) is 1.74. The van der Waals surface area contributed by atoms with Crippen molar-refractivity contribution in [3.05, 3.63) is 59.4 Å². The fourth-order valence-electron chi connectivity index (χ4n) is 1.74. The van der Waals surface area contributed by atoms with Crippen LogP contribution < -0.4 is 11.1 Å². The molecule has 0 spiro atoms. The molecule has 4 heteroatoms. The van der Waals surface area contributed by atoms with Gasteiger partial charge in [-0.3, -0.25) is 9.78 Å². The number of rotatable bonds is 4. The van der Waals surface area contributed by atoms with Crippen LogP contribution in [-0.4, -0.2) is 10.9 Å². The predicted octanol–water partition coefficient (Wildman–Crippen LogP) is 2.36. The van der Waals surface area contributed by atoms with Crippen molar-refractivity contribution < 1.29 is 4.79 Å². The largest absolute Gasteiger partial charge is 0.326 e. The summed E-state index contributed by atoms with van der Waals surface area (Å²) in [5, 5.41) is 2.82. The second-order valence-electron chi connectivity index (χ2n) is 4.26. The van der Waals surface area contributed by atoms with E-state index >= 15 is 0 Å². The maximum absolute atomic E-state index is 12.0. The Balaban J connectivity index is 2.11. The molecule has 98 valence electrons. The maximum atomic E-state index is 12.0. The van der Waals surface area contributed by atoms with Crippen LogP contribution in [0.2, 0.25) is 0 Å². The lowest BCUT2D eigenvalue weighted by Crippen LogP contribution is -2.14. The summed E-state index contributed by atoms with van der Waals surface area (Å²) in [5.41, 5.74) is 8.81. The van der Waals surface area contributed by atoms with Crippen LogP contribution in [0.4, 0.5) is 5.69 Å². The molecule has 3 N–H and O–H groups in total. The van der Waals surface area contributed by atoms with Gasteiger partial charge in [-0.25, -0.2) is 0 Å². The van der Waals surface area contributed by atoms with E-state index in [2.05, 4.69) is 17.2 Å². The quantitative estimate of drug-likeness (QED) is 0.881. The van der Waals surface area contributed by atoms with Gasteiger partial charge in [-0.05, 0) is 41.8 Å². The van der Waals surface area contributed by atoms with E-state index in [1.807, 2.05) is 24.3 Å². The van der Waals surface area contributed by atoms with Crippen LogP contribution in [0.15, 0.2) is 42.6 Å². The van der Waals surface area contributed by atoms with E-state index in [1.54, 1.807) is 18.3 Å². The van der Waals surface area contributed by atoms with Crippen LogP contribution in [-0.2, 0) is 13.0 Å². The summed E-state index contributed by atoms with van der Waals surface area (Å²) in [6, 6.07) is 11.3. The van der Waals surface area contributed by atoms with Gasteiger partial charge in [0.05, 0.1) is 0 Å². The first-order valence-electron chi connectivity index (χ1n) is 6.28. The molecule has 0 aliphatic rings. The van der Waals surface area contributed by atoms with Crippen molar-refractivity contribution in [1.82, 2.24) is 4.98 Å². The monoisotopic (exact) mass is 255 g/mol. The topological polar surface area (TPSA) is 68.0 Å². The molecular weight excluding hydrogens is 238 g/mol. The lowest BCUT2D eigenvalue weighted by atomic mass is 10.1. The minimum absolute atomic E-state index is 0.223. The van der Waals surface area contributed by atoms with E-state index in [4.69, 9.17) is 5.73 Å². The fraction of sp³-hybridized carbons (Fsp3) is 0.200. The van der Waals surface area contributed by atoms with Crippen molar-refractivity contribution in [3.8, 4) is 0 Å². The Labute approximate surface area is 112 Å². The first kappa shape index (κ1) is 13.2. The average molecular weight is 255 g/mol. The van der Waals surface area contributed by atoms with E-state index in [1.165, 1.54) is 5.56 Å². The number of pyridine rings is 1. The minimum atomic E-state index is -0.223. The van der Waals surface area contributed by atoms with Crippen LogP contribution in [0.5, 0.6) is 0 Å². The van der Waals surface area contributed by atoms with Gasteiger partial charge in [-0.2, -0.15) is 0 Å². The smallest absolute Gasteiger partial charge is 0.274 e. The molecule has 0 aliphatic carbocycles. The van der Waals surface area contributed by atoms with Crippen LogP contribution in [0, 0.1) is 0 Å². The third-order valence-electron chi connectivity index (χ3n) is 2.91. The van der Waals surface area contributed by atoms with Crippen molar-refractivity contribution in [2.45, 2.75) is 19.9 Å². The summed E-state index contributed by atoms with van der Waals surface area (Å²) in [7, 11) is 0. The highest BCUT2D eigenvalue weighted by atomic mass is 16.1. The van der Waals surface area contributed by atoms with Crippen LogP contribution in [0.1, 0.15) is 28.5 Å². The highest BCUT2D eigenvalue weighted by molar-refractivity contribution is 6.02. The summed E-state index contributed by atoms with van der Waals surface area (Å²) in [5.74, 6) is -0.223. The summed E-state index contributed by atoms with van der Waals surface area (Å²) < 4.78 is 0. The zero-order valence-corrected chi connectivity index (χ0v) is 10.9. The van der Waals surface area contributed by atoms with E-state index in [-0.39, 0.29) is 5.91 Å². The minimum Gasteiger partial charge on any atom is -0.326 e. The maximum Gasteiger partial charge on any atom is 0.274 e. The number of nitrogens with one attached hydrogen (secondary N) is 1. The number of nitrogens with two attached hydrogens (primary N) is 1. The van der Waals surface area contributed by atoms with Crippen molar-refractivity contribution in [1.29, 1.82) is 0 Å². The second kappa shape index (κ2) is 6.11. The van der Waals surface area contributed by atoms with Gasteiger partial charge in [0, 0.05) is 18.4 Å². The van der Waals surface area contributed by atoms with Crippen molar-refractivity contribution in [2.24, 2.45) is 5.73 Å². The summed E-state index contributed by atoms with van der Waals surface area (Å²) in [4.78, 5) is 16.1. The van der Waals surface area contributed by atoms with Crippen molar-refractivity contribution in [3.63, 3.8) is 0 Å². The Bertz CT molecular complexity index is 564. The number of benzene rings is 1. The van der Waals surface area contributed by atoms with Crippen LogP contribution in [0.25, 0.3) is 0 Å². The molecule has 4 nitrogen and oxygen atoms in total.